The molecule has 0 spiro atoms. The summed E-state index contributed by atoms with van der Waals surface area (Å²) >= 11 is 1.63. The van der Waals surface area contributed by atoms with Crippen molar-refractivity contribution >= 4 is 28.4 Å². The van der Waals surface area contributed by atoms with E-state index in [4.69, 9.17) is 4.98 Å². The highest BCUT2D eigenvalue weighted by molar-refractivity contribution is 7.98. The minimum absolute atomic E-state index is 0.657. The van der Waals surface area contributed by atoms with Crippen molar-refractivity contribution in [2.45, 2.75) is 45.1 Å². The molecule has 0 unspecified atom stereocenters. The Kier molecular flexibility index (Phi) is 6.51. The van der Waals surface area contributed by atoms with Gasteiger partial charge < -0.3 is 9.47 Å². The van der Waals surface area contributed by atoms with Crippen molar-refractivity contribution in [3.8, 4) is 11.4 Å². The van der Waals surface area contributed by atoms with Gasteiger partial charge in [0.25, 0.3) is 0 Å². The molecule has 31 heavy (non-hydrogen) atoms. The van der Waals surface area contributed by atoms with E-state index in [1.165, 1.54) is 5.69 Å². The van der Waals surface area contributed by atoms with Gasteiger partial charge in [0.2, 0.25) is 0 Å². The van der Waals surface area contributed by atoms with Crippen LogP contribution in [0, 0.1) is 6.92 Å². The van der Waals surface area contributed by atoms with Gasteiger partial charge >= 0.3 is 0 Å². The number of benzene rings is 2. The van der Waals surface area contributed by atoms with Gasteiger partial charge in [-0.15, -0.1) is 10.2 Å². The molecule has 2 aromatic heterocycles. The first kappa shape index (κ1) is 21.3. The van der Waals surface area contributed by atoms with E-state index in [1.807, 2.05) is 25.1 Å². The van der Waals surface area contributed by atoms with Crippen LogP contribution in [0.2, 0.25) is 0 Å². The van der Waals surface area contributed by atoms with Gasteiger partial charge in [0.1, 0.15) is 5.82 Å². The Balaban J connectivity index is 1.55. The van der Waals surface area contributed by atoms with Gasteiger partial charge in [-0.05, 0) is 58.0 Å². The second kappa shape index (κ2) is 9.47. The van der Waals surface area contributed by atoms with Gasteiger partial charge in [0.15, 0.2) is 11.0 Å². The van der Waals surface area contributed by atoms with Gasteiger partial charge in [0, 0.05) is 42.0 Å². The summed E-state index contributed by atoms with van der Waals surface area (Å²) in [6.07, 6.45) is 0. The quantitative estimate of drug-likeness (QED) is 0.350. The molecular formula is C24H28N6S. The molecule has 4 aromatic rings. The zero-order valence-electron chi connectivity index (χ0n) is 18.5. The Labute approximate surface area is 187 Å². The molecule has 0 aliphatic rings. The predicted molar refractivity (Wildman–Crippen MR) is 129 cm³/mol. The minimum atomic E-state index is 0.657. The average Bonchev–Trinajstić information content (AvgIpc) is 3.22. The number of fused-ring (bicyclic) bond motifs is 1. The molecule has 0 aliphatic carbocycles. The van der Waals surface area contributed by atoms with Gasteiger partial charge in [-0.3, -0.25) is 0 Å². The fourth-order valence-electron chi connectivity index (χ4n) is 3.79. The van der Waals surface area contributed by atoms with Crippen LogP contribution in [0.15, 0.2) is 53.7 Å². The maximum Gasteiger partial charge on any atom is 0.191 e. The number of nitrogens with zero attached hydrogens (tertiary/aromatic N) is 6. The maximum atomic E-state index is 4.72. The molecule has 0 bridgehead atoms. The summed E-state index contributed by atoms with van der Waals surface area (Å²) < 4.78 is 2.16. The summed E-state index contributed by atoms with van der Waals surface area (Å²) in [6, 6.07) is 16.7. The molecular weight excluding hydrogens is 404 g/mol. The average molecular weight is 433 g/mol. The van der Waals surface area contributed by atoms with Crippen LogP contribution in [0.1, 0.15) is 32.3 Å². The zero-order chi connectivity index (χ0) is 21.8. The summed E-state index contributed by atoms with van der Waals surface area (Å²) in [5.74, 6) is 2.37. The summed E-state index contributed by atoms with van der Waals surface area (Å²) in [7, 11) is 0. The third-order valence-electron chi connectivity index (χ3n) is 5.46. The molecule has 0 radical (unpaired) electrons. The van der Waals surface area contributed by atoms with Crippen LogP contribution in [-0.4, -0.2) is 37.8 Å². The standard InChI is InChI=1S/C24H28N6S/c1-5-29(6-2)19-14-12-18(13-15-19)23-27-28-24(30(23)7-3)31-16-22-25-17(4)20-10-8-9-11-21(20)26-22/h8-15H,5-7,16H2,1-4H3. The topological polar surface area (TPSA) is 59.7 Å². The largest absolute Gasteiger partial charge is 0.372 e. The van der Waals surface area contributed by atoms with E-state index in [2.05, 4.69) is 75.8 Å². The fourth-order valence-corrected chi connectivity index (χ4v) is 4.65. The number of aromatic nitrogens is 5. The van der Waals surface area contributed by atoms with Crippen molar-refractivity contribution in [3.05, 3.63) is 60.0 Å². The van der Waals surface area contributed by atoms with Crippen molar-refractivity contribution in [1.29, 1.82) is 0 Å². The first-order valence-corrected chi connectivity index (χ1v) is 11.8. The number of aryl methyl sites for hydroxylation is 1. The lowest BCUT2D eigenvalue weighted by molar-refractivity contribution is 0.687. The van der Waals surface area contributed by atoms with Crippen LogP contribution < -0.4 is 4.90 Å². The number of rotatable bonds is 8. The number of para-hydroxylation sites is 1. The van der Waals surface area contributed by atoms with Crippen molar-refractivity contribution in [2.24, 2.45) is 0 Å². The Bertz CT molecular complexity index is 1160. The molecule has 0 saturated heterocycles. The molecule has 4 rings (SSSR count). The highest BCUT2D eigenvalue weighted by Crippen LogP contribution is 2.28. The van der Waals surface area contributed by atoms with E-state index < -0.39 is 0 Å². The minimum Gasteiger partial charge on any atom is -0.372 e. The van der Waals surface area contributed by atoms with E-state index >= 15 is 0 Å². The molecule has 2 aromatic carbocycles. The first-order valence-electron chi connectivity index (χ1n) is 10.8. The lowest BCUT2D eigenvalue weighted by Gasteiger charge is -2.21. The van der Waals surface area contributed by atoms with Crippen molar-refractivity contribution < 1.29 is 0 Å². The molecule has 7 heteroatoms. The van der Waals surface area contributed by atoms with Gasteiger partial charge in [0.05, 0.1) is 11.3 Å². The lowest BCUT2D eigenvalue weighted by Crippen LogP contribution is -2.21. The maximum absolute atomic E-state index is 4.72. The van der Waals surface area contributed by atoms with Crippen molar-refractivity contribution in [2.75, 3.05) is 18.0 Å². The van der Waals surface area contributed by atoms with E-state index in [0.29, 0.717) is 5.75 Å². The summed E-state index contributed by atoms with van der Waals surface area (Å²) in [5.41, 5.74) is 4.30. The molecule has 2 heterocycles. The van der Waals surface area contributed by atoms with Crippen LogP contribution in [0.3, 0.4) is 0 Å². The van der Waals surface area contributed by atoms with Crippen molar-refractivity contribution in [3.63, 3.8) is 0 Å². The zero-order valence-corrected chi connectivity index (χ0v) is 19.4. The second-order valence-electron chi connectivity index (χ2n) is 7.30. The predicted octanol–water partition coefficient (Wildman–Crippen LogP) is 5.36. The van der Waals surface area contributed by atoms with Crippen LogP contribution in [0.25, 0.3) is 22.3 Å². The van der Waals surface area contributed by atoms with Gasteiger partial charge in [-0.1, -0.05) is 30.0 Å². The normalized spacial score (nSPS) is 11.2. The van der Waals surface area contributed by atoms with E-state index in [1.54, 1.807) is 11.8 Å². The smallest absolute Gasteiger partial charge is 0.191 e. The van der Waals surface area contributed by atoms with E-state index in [-0.39, 0.29) is 0 Å². The molecule has 0 N–H and O–H groups in total. The van der Waals surface area contributed by atoms with Crippen LogP contribution in [0.5, 0.6) is 0 Å². The Morgan fingerprint density at radius 3 is 2.35 bits per heavy atom. The third-order valence-corrected chi connectivity index (χ3v) is 6.42. The third kappa shape index (κ3) is 4.42. The lowest BCUT2D eigenvalue weighted by atomic mass is 10.2. The Morgan fingerprint density at radius 2 is 1.65 bits per heavy atom. The van der Waals surface area contributed by atoms with Crippen LogP contribution in [-0.2, 0) is 12.3 Å². The molecule has 0 aliphatic heterocycles. The Hall–Kier alpha value is -2.93. The molecule has 160 valence electrons. The summed E-state index contributed by atoms with van der Waals surface area (Å²) in [6.45, 7) is 11.3. The fraction of sp³-hybridized carbons (Fsp3) is 0.333. The van der Waals surface area contributed by atoms with E-state index in [9.17, 15) is 0 Å². The molecule has 0 atom stereocenters. The molecule has 6 nitrogen and oxygen atoms in total. The number of thioether (sulfide) groups is 1. The van der Waals surface area contributed by atoms with Crippen LogP contribution >= 0.6 is 11.8 Å². The summed E-state index contributed by atoms with van der Waals surface area (Å²) in [5, 5.41) is 10.9. The molecule has 0 fully saturated rings. The van der Waals surface area contributed by atoms with Gasteiger partial charge in [-0.25, -0.2) is 9.97 Å². The first-order chi connectivity index (χ1) is 15.1. The highest BCUT2D eigenvalue weighted by atomic mass is 32.2. The highest BCUT2D eigenvalue weighted by Gasteiger charge is 2.15. The van der Waals surface area contributed by atoms with Crippen molar-refractivity contribution in [1.82, 2.24) is 24.7 Å². The SMILES string of the molecule is CCN(CC)c1ccc(-c2nnc(SCc3nc(C)c4ccccc4n3)n2CC)cc1. The molecule has 0 saturated carbocycles. The monoisotopic (exact) mass is 432 g/mol. The van der Waals surface area contributed by atoms with E-state index in [0.717, 1.165) is 58.6 Å². The van der Waals surface area contributed by atoms with Gasteiger partial charge in [-0.2, -0.15) is 0 Å². The number of anilines is 1. The molecule has 0 amide bonds. The second-order valence-corrected chi connectivity index (χ2v) is 8.24. The van der Waals surface area contributed by atoms with Crippen LogP contribution in [0.4, 0.5) is 5.69 Å². The Morgan fingerprint density at radius 1 is 0.903 bits per heavy atom. The number of hydrogen-bond acceptors (Lipinski definition) is 6. The summed E-state index contributed by atoms with van der Waals surface area (Å²) in [4.78, 5) is 11.7. The number of hydrogen-bond donors (Lipinski definition) is 0.